The van der Waals surface area contributed by atoms with Crippen molar-refractivity contribution in [3.8, 4) is 17.0 Å². The van der Waals surface area contributed by atoms with Crippen LogP contribution in [-0.2, 0) is 11.2 Å². The minimum absolute atomic E-state index is 0.0660. The summed E-state index contributed by atoms with van der Waals surface area (Å²) < 4.78 is 6.11. The van der Waals surface area contributed by atoms with Gasteiger partial charge in [0.1, 0.15) is 10.1 Å². The second-order valence-corrected chi connectivity index (χ2v) is 11.4. The number of aliphatic hydroxyl groups excluding tert-OH is 1. The molecule has 3 atom stereocenters. The van der Waals surface area contributed by atoms with Crippen LogP contribution in [0.1, 0.15) is 56.2 Å². The van der Waals surface area contributed by atoms with Crippen molar-refractivity contribution in [1.82, 2.24) is 9.88 Å². The predicted octanol–water partition coefficient (Wildman–Crippen LogP) is 5.79. The smallest absolute Gasteiger partial charge is 0.266 e. The molecule has 3 fully saturated rings. The van der Waals surface area contributed by atoms with E-state index in [1.165, 1.54) is 36.6 Å². The third-order valence-corrected chi connectivity index (χ3v) is 8.88. The number of unbranched alkanes of at least 4 members (excludes halogenated alkanes) is 2. The van der Waals surface area contributed by atoms with Gasteiger partial charge >= 0.3 is 0 Å². The van der Waals surface area contributed by atoms with Gasteiger partial charge in [0.05, 0.1) is 12.0 Å². The molecule has 2 bridgehead atoms. The van der Waals surface area contributed by atoms with Gasteiger partial charge in [-0.3, -0.25) is 9.69 Å². The van der Waals surface area contributed by atoms with Gasteiger partial charge in [0.15, 0.2) is 0 Å². The Bertz CT molecular complexity index is 1110. The highest BCUT2D eigenvalue weighted by molar-refractivity contribution is 8.26. The number of thioether (sulfide) groups is 1. The summed E-state index contributed by atoms with van der Waals surface area (Å²) in [4.78, 5) is 19.6. The normalized spacial score (nSPS) is 25.2. The summed E-state index contributed by atoms with van der Waals surface area (Å²) in [7, 11) is 1.67. The van der Waals surface area contributed by atoms with Gasteiger partial charge in [-0.2, -0.15) is 0 Å². The first-order valence-electron chi connectivity index (χ1n) is 12.3. The third-order valence-electron chi connectivity index (χ3n) is 7.55. The number of methoxy groups -OCH3 is 1. The molecule has 0 spiro atoms. The first-order valence-corrected chi connectivity index (χ1v) is 13.5. The summed E-state index contributed by atoms with van der Waals surface area (Å²) in [5.41, 5.74) is 4.20. The van der Waals surface area contributed by atoms with Crippen LogP contribution in [-0.4, -0.2) is 45.0 Å². The molecule has 1 aromatic heterocycles. The molecule has 1 amide bonds. The fraction of sp³-hybridized carbons (Fsp3) is 0.481. The maximum atomic E-state index is 13.4. The fourth-order valence-electron chi connectivity index (χ4n) is 5.82. The van der Waals surface area contributed by atoms with Gasteiger partial charge in [0, 0.05) is 29.6 Å². The summed E-state index contributed by atoms with van der Waals surface area (Å²) in [6, 6.07) is 10.4. The lowest BCUT2D eigenvalue weighted by Crippen LogP contribution is -2.41. The SMILES string of the molecule is COc1cccc(-c2cc(CCCCCO)c(C=C3SC(=S)N(C4CC5CCC4C5)C3=O)[nH]2)c1. The standard InChI is InChI=1S/C27H32N2O3S2/c1-32-21-8-5-7-18(14-21)22-15-19(6-3-2-4-11-30)23(28-22)16-25-26(31)29(27(33)34-25)24-13-17-9-10-20(24)12-17/h5,7-8,14-17,20,24,28,30H,2-4,6,9-13H2,1H3. The van der Waals surface area contributed by atoms with E-state index in [9.17, 15) is 4.79 Å². The number of thiocarbonyl (C=S) groups is 1. The number of aryl methyl sites for hydroxylation is 1. The summed E-state index contributed by atoms with van der Waals surface area (Å²) >= 11 is 7.12. The van der Waals surface area contributed by atoms with Gasteiger partial charge in [0.2, 0.25) is 0 Å². The number of nitrogens with one attached hydrogen (secondary N) is 1. The number of amides is 1. The summed E-state index contributed by atoms with van der Waals surface area (Å²) in [5.74, 6) is 2.25. The lowest BCUT2D eigenvalue weighted by Gasteiger charge is -2.30. The number of benzene rings is 1. The largest absolute Gasteiger partial charge is 0.497 e. The Morgan fingerprint density at radius 3 is 2.85 bits per heavy atom. The molecule has 7 heteroatoms. The number of nitrogens with zero attached hydrogens (tertiary/aromatic N) is 1. The van der Waals surface area contributed by atoms with Gasteiger partial charge < -0.3 is 14.8 Å². The van der Waals surface area contributed by atoms with Crippen LogP contribution in [0.3, 0.4) is 0 Å². The van der Waals surface area contributed by atoms with Crippen molar-refractivity contribution in [1.29, 1.82) is 0 Å². The van der Waals surface area contributed by atoms with E-state index in [1.54, 1.807) is 7.11 Å². The first-order chi connectivity index (χ1) is 16.6. The molecule has 2 N–H and O–H groups in total. The molecule has 5 rings (SSSR count). The molecule has 1 saturated heterocycles. The monoisotopic (exact) mass is 496 g/mol. The zero-order valence-corrected chi connectivity index (χ0v) is 21.2. The van der Waals surface area contributed by atoms with E-state index in [4.69, 9.17) is 22.1 Å². The van der Waals surface area contributed by atoms with E-state index >= 15 is 0 Å². The summed E-state index contributed by atoms with van der Waals surface area (Å²) in [6.45, 7) is 0.223. The zero-order valence-electron chi connectivity index (χ0n) is 19.6. The average molecular weight is 497 g/mol. The maximum Gasteiger partial charge on any atom is 0.266 e. The van der Waals surface area contributed by atoms with Crippen LogP contribution in [0.5, 0.6) is 5.75 Å². The van der Waals surface area contributed by atoms with Crippen molar-refractivity contribution in [3.63, 3.8) is 0 Å². The fourth-order valence-corrected chi connectivity index (χ4v) is 7.18. The molecule has 1 aromatic carbocycles. The predicted molar refractivity (Wildman–Crippen MR) is 142 cm³/mol. The van der Waals surface area contributed by atoms with Crippen molar-refractivity contribution in [2.45, 2.75) is 57.4 Å². The number of carbonyl (C=O) groups excluding carboxylic acids is 1. The Morgan fingerprint density at radius 1 is 1.24 bits per heavy atom. The number of fused-ring (bicyclic) bond motifs is 2. The quantitative estimate of drug-likeness (QED) is 0.262. The number of hydrogen-bond donors (Lipinski definition) is 2. The van der Waals surface area contributed by atoms with Crippen LogP contribution in [0.15, 0.2) is 35.2 Å². The lowest BCUT2D eigenvalue weighted by atomic mass is 9.94. The van der Waals surface area contributed by atoms with Gasteiger partial charge in [-0.15, -0.1) is 0 Å². The van der Waals surface area contributed by atoms with Crippen LogP contribution in [0, 0.1) is 11.8 Å². The third kappa shape index (κ3) is 4.70. The molecule has 1 aliphatic heterocycles. The van der Waals surface area contributed by atoms with Gasteiger partial charge in [0.25, 0.3) is 5.91 Å². The van der Waals surface area contributed by atoms with E-state index < -0.39 is 0 Å². The highest BCUT2D eigenvalue weighted by Gasteiger charge is 2.48. The summed E-state index contributed by atoms with van der Waals surface area (Å²) in [6.07, 6.45) is 10.5. The molecule has 2 aliphatic carbocycles. The molecule has 180 valence electrons. The lowest BCUT2D eigenvalue weighted by molar-refractivity contribution is -0.124. The summed E-state index contributed by atoms with van der Waals surface area (Å²) in [5, 5.41) is 9.13. The topological polar surface area (TPSA) is 65.6 Å². The molecule has 34 heavy (non-hydrogen) atoms. The maximum absolute atomic E-state index is 13.4. The molecular formula is C27H32N2O3S2. The van der Waals surface area contributed by atoms with E-state index in [1.807, 2.05) is 29.2 Å². The Kier molecular flexibility index (Phi) is 7.14. The molecule has 5 nitrogen and oxygen atoms in total. The average Bonchev–Trinajstić information content (AvgIpc) is 3.62. The molecule has 2 heterocycles. The van der Waals surface area contributed by atoms with E-state index in [0.717, 1.165) is 60.7 Å². The van der Waals surface area contributed by atoms with Crippen LogP contribution >= 0.6 is 24.0 Å². The molecule has 0 radical (unpaired) electrons. The van der Waals surface area contributed by atoms with Crippen LogP contribution in [0.4, 0.5) is 0 Å². The Hall–Kier alpha value is -2.09. The number of ether oxygens (including phenoxy) is 1. The van der Waals surface area contributed by atoms with Crippen LogP contribution < -0.4 is 4.74 Å². The van der Waals surface area contributed by atoms with Crippen molar-refractivity contribution < 1.29 is 14.6 Å². The zero-order chi connectivity index (χ0) is 23.7. The Balaban J connectivity index is 1.42. The van der Waals surface area contributed by atoms with E-state index in [-0.39, 0.29) is 18.6 Å². The number of hydrogen-bond acceptors (Lipinski definition) is 5. The molecule has 3 aliphatic rings. The molecule has 3 unspecified atom stereocenters. The van der Waals surface area contributed by atoms with Gasteiger partial charge in [-0.1, -0.05) is 49.0 Å². The number of aliphatic hydroxyl groups is 1. The number of carbonyl (C=O) groups is 1. The Morgan fingerprint density at radius 2 is 2.12 bits per heavy atom. The van der Waals surface area contributed by atoms with Crippen LogP contribution in [0.25, 0.3) is 17.3 Å². The van der Waals surface area contributed by atoms with Crippen molar-refractivity contribution >= 4 is 40.3 Å². The van der Waals surface area contributed by atoms with Crippen molar-refractivity contribution in [2.24, 2.45) is 11.8 Å². The van der Waals surface area contributed by atoms with Gasteiger partial charge in [-0.25, -0.2) is 0 Å². The number of H-pyrrole nitrogens is 1. The van der Waals surface area contributed by atoms with E-state index in [2.05, 4.69) is 17.1 Å². The van der Waals surface area contributed by atoms with E-state index in [0.29, 0.717) is 15.1 Å². The molecule has 2 saturated carbocycles. The van der Waals surface area contributed by atoms with Crippen LogP contribution in [0.2, 0.25) is 0 Å². The minimum atomic E-state index is 0.0660. The Labute approximate surface area is 211 Å². The molecule has 2 aromatic rings. The number of aromatic nitrogens is 1. The minimum Gasteiger partial charge on any atom is -0.497 e. The highest BCUT2D eigenvalue weighted by atomic mass is 32.2. The second-order valence-electron chi connectivity index (χ2n) is 9.68. The van der Waals surface area contributed by atoms with Gasteiger partial charge in [-0.05, 0) is 80.2 Å². The van der Waals surface area contributed by atoms with Crippen molar-refractivity contribution in [2.75, 3.05) is 13.7 Å². The highest BCUT2D eigenvalue weighted by Crippen LogP contribution is 2.49. The number of rotatable bonds is 9. The molecular weight excluding hydrogens is 464 g/mol. The number of aromatic amines is 1. The second kappa shape index (κ2) is 10.3. The van der Waals surface area contributed by atoms with Crippen molar-refractivity contribution in [3.05, 3.63) is 46.5 Å². The first kappa shape index (κ1) is 23.6.